The van der Waals surface area contributed by atoms with E-state index in [2.05, 4.69) is 0 Å². The van der Waals surface area contributed by atoms with E-state index in [1.807, 2.05) is 0 Å². The number of hydrogen-bond donors (Lipinski definition) is 0. The first kappa shape index (κ1) is 6.43. The molecule has 3 bridgehead atoms. The van der Waals surface area contributed by atoms with Crippen LogP contribution in [-0.2, 0) is 14.3 Å². The van der Waals surface area contributed by atoms with E-state index in [-0.39, 0.29) is 6.10 Å². The van der Waals surface area contributed by atoms with Crippen molar-refractivity contribution in [3.05, 3.63) is 0 Å². The van der Waals surface area contributed by atoms with Crippen molar-refractivity contribution < 1.29 is 12.6 Å². The van der Waals surface area contributed by atoms with Gasteiger partial charge in [-0.3, -0.25) is 4.18 Å². The SMILES string of the molecule is O=S1(=O)OC2CC13CCC2C3. The van der Waals surface area contributed by atoms with Crippen molar-refractivity contribution in [3.8, 4) is 0 Å². The van der Waals surface area contributed by atoms with Crippen LogP contribution in [0.25, 0.3) is 0 Å². The molecule has 0 radical (unpaired) electrons. The predicted molar refractivity (Wildman–Crippen MR) is 38.5 cm³/mol. The monoisotopic (exact) mass is 174 g/mol. The Kier molecular flexibility index (Phi) is 0.876. The third-order valence-electron chi connectivity index (χ3n) is 3.48. The third kappa shape index (κ3) is 0.539. The Morgan fingerprint density at radius 1 is 1.36 bits per heavy atom. The lowest BCUT2D eigenvalue weighted by atomic mass is 9.98. The van der Waals surface area contributed by atoms with E-state index in [1.165, 1.54) is 0 Å². The summed E-state index contributed by atoms with van der Waals surface area (Å²) in [7, 11) is -3.16. The molecule has 3 aliphatic rings. The standard InChI is InChI=1S/C7H10O3S/c8-11(9)7-2-1-5(3-7)6(4-7)10-11/h5-6H,1-4H2. The zero-order valence-corrected chi connectivity index (χ0v) is 6.93. The fraction of sp³-hybridized carbons (Fsp3) is 1.00. The summed E-state index contributed by atoms with van der Waals surface area (Å²) in [5, 5.41) is 0. The lowest BCUT2D eigenvalue weighted by molar-refractivity contribution is 0.173. The van der Waals surface area contributed by atoms with Crippen molar-refractivity contribution in [2.75, 3.05) is 0 Å². The van der Waals surface area contributed by atoms with E-state index in [9.17, 15) is 8.42 Å². The lowest BCUT2D eigenvalue weighted by Crippen LogP contribution is -2.30. The first-order valence-electron chi connectivity index (χ1n) is 4.06. The van der Waals surface area contributed by atoms with Crippen LogP contribution in [0.5, 0.6) is 0 Å². The Hall–Kier alpha value is -0.0900. The van der Waals surface area contributed by atoms with Crippen LogP contribution in [0.2, 0.25) is 0 Å². The molecule has 62 valence electrons. The fourth-order valence-electron chi connectivity index (χ4n) is 2.87. The van der Waals surface area contributed by atoms with Gasteiger partial charge in [-0.25, -0.2) is 0 Å². The minimum Gasteiger partial charge on any atom is -0.266 e. The van der Waals surface area contributed by atoms with Gasteiger partial charge < -0.3 is 0 Å². The molecule has 2 saturated carbocycles. The van der Waals surface area contributed by atoms with Crippen molar-refractivity contribution in [1.82, 2.24) is 0 Å². The van der Waals surface area contributed by atoms with Gasteiger partial charge >= 0.3 is 0 Å². The molecule has 3 unspecified atom stereocenters. The van der Waals surface area contributed by atoms with Gasteiger partial charge in [0.2, 0.25) is 0 Å². The lowest BCUT2D eigenvalue weighted by Gasteiger charge is -2.18. The largest absolute Gasteiger partial charge is 0.273 e. The smallest absolute Gasteiger partial charge is 0.266 e. The van der Waals surface area contributed by atoms with Gasteiger partial charge in [0.05, 0.1) is 6.10 Å². The molecule has 1 saturated heterocycles. The Labute approximate surface area is 65.9 Å². The summed E-state index contributed by atoms with van der Waals surface area (Å²) < 4.78 is 27.3. The van der Waals surface area contributed by atoms with Gasteiger partial charge in [0.1, 0.15) is 4.75 Å². The highest BCUT2D eigenvalue weighted by molar-refractivity contribution is 7.88. The highest BCUT2D eigenvalue weighted by atomic mass is 32.2. The molecule has 0 aromatic heterocycles. The number of fused-ring (bicyclic) bond motifs is 3. The molecule has 3 nitrogen and oxygen atoms in total. The second kappa shape index (κ2) is 1.50. The second-order valence-electron chi connectivity index (χ2n) is 3.98. The highest BCUT2D eigenvalue weighted by Gasteiger charge is 2.65. The maximum absolute atomic E-state index is 11.4. The minimum atomic E-state index is -3.16. The third-order valence-corrected chi connectivity index (χ3v) is 5.58. The zero-order chi connectivity index (χ0) is 7.69. The van der Waals surface area contributed by atoms with E-state index >= 15 is 0 Å². The van der Waals surface area contributed by atoms with Crippen LogP contribution in [0.15, 0.2) is 0 Å². The fourth-order valence-corrected chi connectivity index (χ4v) is 4.78. The molecule has 4 heteroatoms. The van der Waals surface area contributed by atoms with Crippen molar-refractivity contribution in [3.63, 3.8) is 0 Å². The molecule has 11 heavy (non-hydrogen) atoms. The summed E-state index contributed by atoms with van der Waals surface area (Å²) in [4.78, 5) is 0. The van der Waals surface area contributed by atoms with Crippen molar-refractivity contribution in [1.29, 1.82) is 0 Å². The van der Waals surface area contributed by atoms with E-state index in [4.69, 9.17) is 4.18 Å². The van der Waals surface area contributed by atoms with Gasteiger partial charge in [-0.2, -0.15) is 8.42 Å². The van der Waals surface area contributed by atoms with Crippen molar-refractivity contribution >= 4 is 10.1 Å². The van der Waals surface area contributed by atoms with Crippen LogP contribution in [-0.4, -0.2) is 19.3 Å². The van der Waals surface area contributed by atoms with E-state index in [0.29, 0.717) is 5.92 Å². The molecule has 3 fully saturated rings. The zero-order valence-electron chi connectivity index (χ0n) is 6.12. The molecule has 1 heterocycles. The summed E-state index contributed by atoms with van der Waals surface area (Å²) in [6.07, 6.45) is 3.61. The molecular formula is C7H10O3S. The summed E-state index contributed by atoms with van der Waals surface area (Å²) >= 11 is 0. The van der Waals surface area contributed by atoms with Crippen molar-refractivity contribution in [2.24, 2.45) is 5.92 Å². The molecule has 0 amide bonds. The molecule has 3 rings (SSSR count). The van der Waals surface area contributed by atoms with E-state index < -0.39 is 14.9 Å². The quantitative estimate of drug-likeness (QED) is 0.507. The topological polar surface area (TPSA) is 43.4 Å². The molecule has 0 N–H and O–H groups in total. The molecule has 0 aromatic carbocycles. The van der Waals surface area contributed by atoms with Gasteiger partial charge in [0, 0.05) is 0 Å². The summed E-state index contributed by atoms with van der Waals surface area (Å²) in [6, 6.07) is 0. The Balaban J connectivity index is 2.22. The van der Waals surface area contributed by atoms with Crippen LogP contribution in [0, 0.1) is 5.92 Å². The van der Waals surface area contributed by atoms with E-state index in [0.717, 1.165) is 25.7 Å². The number of rotatable bonds is 0. The molecule has 1 spiro atoms. The van der Waals surface area contributed by atoms with Gasteiger partial charge in [0.15, 0.2) is 0 Å². The van der Waals surface area contributed by atoms with E-state index in [1.54, 1.807) is 0 Å². The average molecular weight is 174 g/mol. The maximum atomic E-state index is 11.4. The summed E-state index contributed by atoms with van der Waals surface area (Å²) in [5.41, 5.74) is 0. The molecule has 2 aliphatic carbocycles. The van der Waals surface area contributed by atoms with Crippen LogP contribution in [0.4, 0.5) is 0 Å². The predicted octanol–water partition coefficient (Wildman–Crippen LogP) is 0.658. The molecule has 3 atom stereocenters. The highest BCUT2D eigenvalue weighted by Crippen LogP contribution is 2.59. The molecule has 1 aliphatic heterocycles. The van der Waals surface area contributed by atoms with Gasteiger partial charge in [-0.1, -0.05) is 0 Å². The van der Waals surface area contributed by atoms with Crippen LogP contribution >= 0.6 is 0 Å². The Bertz CT molecular complexity index is 304. The first-order valence-corrected chi connectivity index (χ1v) is 5.47. The Morgan fingerprint density at radius 3 is 2.73 bits per heavy atom. The van der Waals surface area contributed by atoms with Crippen LogP contribution < -0.4 is 0 Å². The normalized spacial score (nSPS) is 57.1. The van der Waals surface area contributed by atoms with Crippen LogP contribution in [0.3, 0.4) is 0 Å². The van der Waals surface area contributed by atoms with Crippen LogP contribution in [0.1, 0.15) is 25.7 Å². The molecular weight excluding hydrogens is 164 g/mol. The summed E-state index contributed by atoms with van der Waals surface area (Å²) in [6.45, 7) is 0. The molecule has 0 aromatic rings. The van der Waals surface area contributed by atoms with Gasteiger partial charge in [-0.15, -0.1) is 0 Å². The number of hydrogen-bond acceptors (Lipinski definition) is 3. The summed E-state index contributed by atoms with van der Waals surface area (Å²) in [5.74, 6) is 0.554. The van der Waals surface area contributed by atoms with Crippen molar-refractivity contribution in [2.45, 2.75) is 36.5 Å². The first-order chi connectivity index (χ1) is 5.13. The minimum absolute atomic E-state index is 0.0498. The van der Waals surface area contributed by atoms with Gasteiger partial charge in [0.25, 0.3) is 10.1 Å². The average Bonchev–Trinajstić information content (AvgIpc) is 2.46. The van der Waals surface area contributed by atoms with Gasteiger partial charge in [-0.05, 0) is 31.6 Å². The second-order valence-corrected chi connectivity index (χ2v) is 5.95. The maximum Gasteiger partial charge on any atom is 0.273 e. The Morgan fingerprint density at radius 2 is 2.18 bits per heavy atom.